The van der Waals surface area contributed by atoms with Gasteiger partial charge in [-0.1, -0.05) is 0 Å². The van der Waals surface area contributed by atoms with Crippen LogP contribution in [0.2, 0.25) is 0 Å². The van der Waals surface area contributed by atoms with Crippen LogP contribution >= 0.6 is 15.9 Å². The lowest BCUT2D eigenvalue weighted by atomic mass is 10.1. The van der Waals surface area contributed by atoms with Crippen molar-refractivity contribution >= 4 is 22.0 Å². The van der Waals surface area contributed by atoms with E-state index in [4.69, 9.17) is 9.47 Å². The highest BCUT2D eigenvalue weighted by Gasteiger charge is 2.23. The maximum absolute atomic E-state index is 11.1. The summed E-state index contributed by atoms with van der Waals surface area (Å²) in [6.45, 7) is 0.562. The molecule has 0 spiro atoms. The molecule has 2 N–H and O–H groups in total. The summed E-state index contributed by atoms with van der Waals surface area (Å²) in [6.07, 6.45) is 0. The average molecular weight is 301 g/mol. The molecule has 1 aromatic carbocycles. The van der Waals surface area contributed by atoms with E-state index in [9.17, 15) is 4.79 Å². The van der Waals surface area contributed by atoms with Crippen molar-refractivity contribution in [2.45, 2.75) is 6.04 Å². The van der Waals surface area contributed by atoms with Crippen LogP contribution in [-0.2, 0) is 0 Å². The van der Waals surface area contributed by atoms with E-state index >= 15 is 0 Å². The van der Waals surface area contributed by atoms with Crippen molar-refractivity contribution in [3.63, 3.8) is 0 Å². The van der Waals surface area contributed by atoms with Gasteiger partial charge >= 0.3 is 6.03 Å². The number of amides is 2. The summed E-state index contributed by atoms with van der Waals surface area (Å²) in [5.74, 6) is 1.36. The van der Waals surface area contributed by atoms with Crippen molar-refractivity contribution in [1.82, 2.24) is 10.6 Å². The lowest BCUT2D eigenvalue weighted by Gasteiger charge is -2.14. The van der Waals surface area contributed by atoms with Gasteiger partial charge in [-0.2, -0.15) is 0 Å². The minimum Gasteiger partial charge on any atom is -0.495 e. The minimum atomic E-state index is -0.157. The Labute approximate surface area is 108 Å². The highest BCUT2D eigenvalue weighted by atomic mass is 79.9. The number of benzene rings is 1. The third-order valence-corrected chi connectivity index (χ3v) is 3.42. The van der Waals surface area contributed by atoms with E-state index in [1.807, 2.05) is 12.1 Å². The first kappa shape index (κ1) is 12.0. The smallest absolute Gasteiger partial charge is 0.315 e. The lowest BCUT2D eigenvalue weighted by molar-refractivity contribution is 0.247. The molecule has 0 radical (unpaired) electrons. The number of urea groups is 1. The number of nitrogens with one attached hydrogen (secondary N) is 2. The van der Waals surface area contributed by atoms with E-state index in [-0.39, 0.29) is 12.1 Å². The summed E-state index contributed by atoms with van der Waals surface area (Å²) in [7, 11) is 3.18. The van der Waals surface area contributed by atoms with Gasteiger partial charge in [-0.15, -0.1) is 0 Å². The van der Waals surface area contributed by atoms with Gasteiger partial charge in [0.05, 0.1) is 20.3 Å². The molecule has 1 saturated heterocycles. The van der Waals surface area contributed by atoms with Gasteiger partial charge in [0.15, 0.2) is 0 Å². The van der Waals surface area contributed by atoms with Gasteiger partial charge < -0.3 is 20.1 Å². The summed E-state index contributed by atoms with van der Waals surface area (Å²) >= 11 is 3.40. The molecule has 17 heavy (non-hydrogen) atoms. The molecule has 1 heterocycles. The van der Waals surface area contributed by atoms with Crippen LogP contribution < -0.4 is 20.1 Å². The van der Waals surface area contributed by atoms with Crippen LogP contribution in [0.4, 0.5) is 4.79 Å². The van der Waals surface area contributed by atoms with E-state index in [1.54, 1.807) is 14.2 Å². The number of halogens is 1. The molecule has 0 aliphatic carbocycles. The van der Waals surface area contributed by atoms with Crippen LogP contribution in [0, 0.1) is 0 Å². The largest absolute Gasteiger partial charge is 0.495 e. The first-order chi connectivity index (χ1) is 8.15. The molecule has 92 valence electrons. The van der Waals surface area contributed by atoms with Crippen molar-refractivity contribution in [2.24, 2.45) is 0 Å². The normalized spacial score (nSPS) is 18.5. The van der Waals surface area contributed by atoms with Crippen molar-refractivity contribution < 1.29 is 14.3 Å². The molecule has 0 bridgehead atoms. The van der Waals surface area contributed by atoms with Gasteiger partial charge in [-0.05, 0) is 33.6 Å². The fourth-order valence-electron chi connectivity index (χ4n) is 1.75. The van der Waals surface area contributed by atoms with E-state index < -0.39 is 0 Å². The Morgan fingerprint density at radius 2 is 1.88 bits per heavy atom. The first-order valence-corrected chi connectivity index (χ1v) is 5.90. The van der Waals surface area contributed by atoms with Crippen molar-refractivity contribution in [3.05, 3.63) is 22.2 Å². The third-order valence-electron chi connectivity index (χ3n) is 2.64. The molecule has 0 aromatic heterocycles. The Morgan fingerprint density at radius 1 is 1.29 bits per heavy atom. The zero-order valence-electron chi connectivity index (χ0n) is 9.54. The van der Waals surface area contributed by atoms with Gasteiger partial charge in [0, 0.05) is 6.54 Å². The minimum absolute atomic E-state index is 0.0570. The van der Waals surface area contributed by atoms with Crippen LogP contribution in [0.5, 0.6) is 11.5 Å². The van der Waals surface area contributed by atoms with Gasteiger partial charge in [0.25, 0.3) is 0 Å². The van der Waals surface area contributed by atoms with E-state index in [1.165, 1.54) is 0 Å². The highest BCUT2D eigenvalue weighted by Crippen LogP contribution is 2.37. The SMILES string of the molecule is COc1cc([C@@H]2CNC(=O)N2)cc(OC)c1Br. The Morgan fingerprint density at radius 3 is 2.29 bits per heavy atom. The maximum atomic E-state index is 11.1. The van der Waals surface area contributed by atoms with Gasteiger partial charge in [0.2, 0.25) is 0 Å². The third kappa shape index (κ3) is 2.31. The molecule has 1 aliphatic rings. The molecule has 6 heteroatoms. The van der Waals surface area contributed by atoms with Crippen LogP contribution in [-0.4, -0.2) is 26.8 Å². The number of hydrogen-bond donors (Lipinski definition) is 2. The van der Waals surface area contributed by atoms with Crippen LogP contribution in [0.1, 0.15) is 11.6 Å². The number of carbonyl (C=O) groups excluding carboxylic acids is 1. The second-order valence-electron chi connectivity index (χ2n) is 3.65. The Hall–Kier alpha value is -1.43. The summed E-state index contributed by atoms with van der Waals surface area (Å²) in [4.78, 5) is 11.1. The molecule has 1 aliphatic heterocycles. The number of carbonyl (C=O) groups is 1. The molecular weight excluding hydrogens is 288 g/mol. The summed E-state index contributed by atoms with van der Waals surface area (Å²) in [5.41, 5.74) is 0.945. The lowest BCUT2D eigenvalue weighted by Crippen LogP contribution is -2.21. The van der Waals surface area contributed by atoms with E-state index in [0.29, 0.717) is 18.0 Å². The molecule has 2 amide bonds. The molecule has 5 nitrogen and oxygen atoms in total. The first-order valence-electron chi connectivity index (χ1n) is 5.11. The molecule has 1 aromatic rings. The predicted molar refractivity (Wildman–Crippen MR) is 66.5 cm³/mol. The topological polar surface area (TPSA) is 59.6 Å². The standard InChI is InChI=1S/C11H13BrN2O3/c1-16-8-3-6(4-9(17-2)10(8)12)7-5-13-11(15)14-7/h3-4,7H,5H2,1-2H3,(H2,13,14,15)/t7-/m0/s1. The van der Waals surface area contributed by atoms with Gasteiger partial charge in [0.1, 0.15) is 16.0 Å². The zero-order valence-corrected chi connectivity index (χ0v) is 11.1. The summed E-state index contributed by atoms with van der Waals surface area (Å²) < 4.78 is 11.3. The Bertz CT molecular complexity index is 425. The fourth-order valence-corrected chi connectivity index (χ4v) is 2.30. The molecule has 1 fully saturated rings. The van der Waals surface area contributed by atoms with Gasteiger partial charge in [-0.3, -0.25) is 0 Å². The summed E-state index contributed by atoms with van der Waals surface area (Å²) in [5, 5.41) is 5.53. The number of hydrogen-bond acceptors (Lipinski definition) is 3. The highest BCUT2D eigenvalue weighted by molar-refractivity contribution is 9.10. The molecule has 2 rings (SSSR count). The quantitative estimate of drug-likeness (QED) is 0.895. The molecular formula is C11H13BrN2O3. The monoisotopic (exact) mass is 300 g/mol. The number of methoxy groups -OCH3 is 2. The number of rotatable bonds is 3. The number of ether oxygens (including phenoxy) is 2. The average Bonchev–Trinajstić information content (AvgIpc) is 2.76. The molecule has 0 saturated carbocycles. The Balaban J connectivity index is 2.37. The second-order valence-corrected chi connectivity index (χ2v) is 4.44. The molecule has 0 unspecified atom stereocenters. The van der Waals surface area contributed by atoms with Crippen molar-refractivity contribution in [1.29, 1.82) is 0 Å². The second kappa shape index (κ2) is 4.83. The summed E-state index contributed by atoms with van der Waals surface area (Å²) in [6, 6.07) is 3.55. The van der Waals surface area contributed by atoms with Gasteiger partial charge in [-0.25, -0.2) is 4.79 Å². The predicted octanol–water partition coefficient (Wildman–Crippen LogP) is 1.82. The zero-order chi connectivity index (χ0) is 12.4. The molecule has 1 atom stereocenters. The van der Waals surface area contributed by atoms with Crippen molar-refractivity contribution in [2.75, 3.05) is 20.8 Å². The fraction of sp³-hybridized carbons (Fsp3) is 0.364. The van der Waals surface area contributed by atoms with Crippen LogP contribution in [0.25, 0.3) is 0 Å². The van der Waals surface area contributed by atoms with Crippen molar-refractivity contribution in [3.8, 4) is 11.5 Å². The van der Waals surface area contributed by atoms with E-state index in [0.717, 1.165) is 10.0 Å². The van der Waals surface area contributed by atoms with Crippen LogP contribution in [0.15, 0.2) is 16.6 Å². The Kier molecular flexibility index (Phi) is 3.42. The maximum Gasteiger partial charge on any atom is 0.315 e. The van der Waals surface area contributed by atoms with E-state index in [2.05, 4.69) is 26.6 Å². The van der Waals surface area contributed by atoms with Crippen LogP contribution in [0.3, 0.4) is 0 Å².